The van der Waals surface area contributed by atoms with E-state index in [2.05, 4.69) is 10.4 Å². The summed E-state index contributed by atoms with van der Waals surface area (Å²) in [6, 6.07) is 15.7. The van der Waals surface area contributed by atoms with Crippen molar-refractivity contribution in [1.82, 2.24) is 15.1 Å². The first-order valence-corrected chi connectivity index (χ1v) is 11.2. The van der Waals surface area contributed by atoms with Gasteiger partial charge in [0.1, 0.15) is 0 Å². The summed E-state index contributed by atoms with van der Waals surface area (Å²) in [5, 5.41) is 7.81. The Bertz CT molecular complexity index is 1110. The Morgan fingerprint density at radius 2 is 1.72 bits per heavy atom. The zero-order chi connectivity index (χ0) is 21.0. The summed E-state index contributed by atoms with van der Waals surface area (Å²) in [6.07, 6.45) is -0.115. The van der Waals surface area contributed by atoms with Crippen molar-refractivity contribution in [2.24, 2.45) is 0 Å². The van der Waals surface area contributed by atoms with Crippen LogP contribution in [-0.2, 0) is 21.2 Å². The van der Waals surface area contributed by atoms with Gasteiger partial charge in [0.05, 0.1) is 22.0 Å². The number of aryl methyl sites for hydroxylation is 1. The fourth-order valence-corrected chi connectivity index (χ4v) is 4.38. The third-order valence-corrected chi connectivity index (χ3v) is 6.66. The van der Waals surface area contributed by atoms with Crippen molar-refractivity contribution < 1.29 is 13.2 Å². The minimum absolute atomic E-state index is 0.115. The molecule has 1 amide bonds. The summed E-state index contributed by atoms with van der Waals surface area (Å²) in [7, 11) is -3.54. The lowest BCUT2D eigenvalue weighted by Crippen LogP contribution is -2.25. The van der Waals surface area contributed by atoms with Crippen LogP contribution in [0.15, 0.2) is 59.5 Å². The maximum Gasteiger partial charge on any atom is 0.221 e. The van der Waals surface area contributed by atoms with Crippen LogP contribution in [0, 0.1) is 13.8 Å². The van der Waals surface area contributed by atoms with Gasteiger partial charge >= 0.3 is 0 Å². The van der Waals surface area contributed by atoms with Crippen molar-refractivity contribution in [3.8, 4) is 5.69 Å². The first-order chi connectivity index (χ1) is 13.8. The van der Waals surface area contributed by atoms with Gasteiger partial charge in [-0.2, -0.15) is 5.10 Å². The number of benzene rings is 2. The molecule has 1 aromatic heterocycles. The highest BCUT2D eigenvalue weighted by molar-refractivity contribution is 7.91. The van der Waals surface area contributed by atoms with E-state index in [0.29, 0.717) is 11.6 Å². The zero-order valence-electron chi connectivity index (χ0n) is 16.2. The molecular weight excluding hydrogens is 410 g/mol. The van der Waals surface area contributed by atoms with Gasteiger partial charge in [-0.1, -0.05) is 29.8 Å². The van der Waals surface area contributed by atoms with Crippen LogP contribution < -0.4 is 5.32 Å². The average Bonchev–Trinajstić information content (AvgIpc) is 2.99. The summed E-state index contributed by atoms with van der Waals surface area (Å²) in [4.78, 5) is 12.4. The second kappa shape index (κ2) is 8.80. The Morgan fingerprint density at radius 3 is 2.38 bits per heavy atom. The molecule has 1 N–H and O–H groups in total. The van der Waals surface area contributed by atoms with E-state index in [-0.39, 0.29) is 23.0 Å². The van der Waals surface area contributed by atoms with Gasteiger partial charge in [-0.3, -0.25) is 4.79 Å². The molecule has 0 aliphatic rings. The Morgan fingerprint density at radius 1 is 1.07 bits per heavy atom. The highest BCUT2D eigenvalue weighted by atomic mass is 35.5. The fraction of sp³-hybridized carbons (Fsp3) is 0.238. The summed E-state index contributed by atoms with van der Waals surface area (Å²) in [5.74, 6) is -0.587. The Labute approximate surface area is 175 Å². The van der Waals surface area contributed by atoms with E-state index in [1.165, 1.54) is 24.3 Å². The van der Waals surface area contributed by atoms with Gasteiger partial charge in [-0.15, -0.1) is 0 Å². The highest BCUT2D eigenvalue weighted by Gasteiger charge is 2.18. The number of amides is 1. The number of nitrogens with one attached hydrogen (secondary N) is 1. The lowest BCUT2D eigenvalue weighted by Gasteiger charge is -2.08. The minimum Gasteiger partial charge on any atom is -0.352 e. The maximum atomic E-state index is 12.4. The molecule has 29 heavy (non-hydrogen) atoms. The largest absolute Gasteiger partial charge is 0.352 e. The van der Waals surface area contributed by atoms with E-state index in [0.717, 1.165) is 22.6 Å². The van der Waals surface area contributed by atoms with E-state index in [1.54, 1.807) is 0 Å². The lowest BCUT2D eigenvalue weighted by atomic mass is 10.2. The number of carbonyl (C=O) groups excluding carboxylic acids is 1. The smallest absolute Gasteiger partial charge is 0.221 e. The predicted molar refractivity (Wildman–Crippen MR) is 113 cm³/mol. The SMILES string of the molecule is Cc1nn(-c2ccccc2)c(C)c1CNC(=O)CCS(=O)(=O)c1ccc(Cl)cc1. The fourth-order valence-electron chi connectivity index (χ4n) is 3.01. The molecule has 0 saturated heterocycles. The number of hydrogen-bond donors (Lipinski definition) is 1. The molecule has 0 bridgehead atoms. The Balaban J connectivity index is 1.61. The Kier molecular flexibility index (Phi) is 6.39. The van der Waals surface area contributed by atoms with Gasteiger partial charge in [0, 0.05) is 29.2 Å². The van der Waals surface area contributed by atoms with Crippen LogP contribution in [0.1, 0.15) is 23.4 Å². The van der Waals surface area contributed by atoms with Gasteiger partial charge < -0.3 is 5.32 Å². The van der Waals surface area contributed by atoms with E-state index in [1.807, 2.05) is 48.9 Å². The first-order valence-electron chi connectivity index (χ1n) is 9.13. The summed E-state index contributed by atoms with van der Waals surface area (Å²) >= 11 is 5.79. The normalized spacial score (nSPS) is 11.4. The molecule has 0 aliphatic carbocycles. The van der Waals surface area contributed by atoms with Gasteiger partial charge in [0.2, 0.25) is 5.91 Å². The topological polar surface area (TPSA) is 81.1 Å². The molecule has 1 heterocycles. The van der Waals surface area contributed by atoms with Crippen LogP contribution in [0.3, 0.4) is 0 Å². The van der Waals surface area contributed by atoms with Crippen LogP contribution in [0.25, 0.3) is 5.69 Å². The molecule has 0 radical (unpaired) electrons. The number of sulfone groups is 1. The van der Waals surface area contributed by atoms with E-state index in [4.69, 9.17) is 11.6 Å². The number of hydrogen-bond acceptors (Lipinski definition) is 4. The second-order valence-electron chi connectivity index (χ2n) is 6.70. The highest BCUT2D eigenvalue weighted by Crippen LogP contribution is 2.18. The molecule has 6 nitrogen and oxygen atoms in total. The molecule has 0 spiro atoms. The third-order valence-electron chi connectivity index (χ3n) is 4.67. The maximum absolute atomic E-state index is 12.4. The minimum atomic E-state index is -3.54. The quantitative estimate of drug-likeness (QED) is 0.619. The third kappa shape index (κ3) is 5.05. The second-order valence-corrected chi connectivity index (χ2v) is 9.24. The molecule has 8 heteroatoms. The molecule has 0 saturated carbocycles. The summed E-state index contributed by atoms with van der Waals surface area (Å²) in [6.45, 7) is 4.13. The first kappa shape index (κ1) is 21.1. The number of aromatic nitrogens is 2. The zero-order valence-corrected chi connectivity index (χ0v) is 17.8. The van der Waals surface area contributed by atoms with Crippen LogP contribution in [0.4, 0.5) is 0 Å². The average molecular weight is 432 g/mol. The van der Waals surface area contributed by atoms with E-state index >= 15 is 0 Å². The van der Waals surface area contributed by atoms with Crippen molar-refractivity contribution >= 4 is 27.3 Å². The van der Waals surface area contributed by atoms with Crippen LogP contribution in [0.2, 0.25) is 5.02 Å². The van der Waals surface area contributed by atoms with Crippen molar-refractivity contribution in [1.29, 1.82) is 0 Å². The van der Waals surface area contributed by atoms with Gasteiger partial charge in [0.25, 0.3) is 0 Å². The summed E-state index contributed by atoms with van der Waals surface area (Å²) < 4.78 is 26.5. The molecule has 3 rings (SSSR count). The standard InChI is InChI=1S/C21H22ClN3O3S/c1-15-20(16(2)25(24-15)18-6-4-3-5-7-18)14-23-21(26)12-13-29(27,28)19-10-8-17(22)9-11-19/h3-11H,12-14H2,1-2H3,(H,23,26). The van der Waals surface area contributed by atoms with E-state index in [9.17, 15) is 13.2 Å². The molecule has 0 atom stereocenters. The Hall–Kier alpha value is -2.64. The molecule has 152 valence electrons. The number of nitrogens with zero attached hydrogens (tertiary/aromatic N) is 2. The van der Waals surface area contributed by atoms with Crippen molar-refractivity contribution in [3.05, 3.63) is 76.6 Å². The lowest BCUT2D eigenvalue weighted by molar-refractivity contribution is -0.120. The van der Waals surface area contributed by atoms with Gasteiger partial charge in [-0.25, -0.2) is 13.1 Å². The summed E-state index contributed by atoms with van der Waals surface area (Å²) in [5.41, 5.74) is 3.62. The monoisotopic (exact) mass is 431 g/mol. The number of para-hydroxylation sites is 1. The number of halogens is 1. The van der Waals surface area contributed by atoms with Gasteiger partial charge in [-0.05, 0) is 50.2 Å². The van der Waals surface area contributed by atoms with Crippen LogP contribution in [0.5, 0.6) is 0 Å². The van der Waals surface area contributed by atoms with Gasteiger partial charge in [0.15, 0.2) is 9.84 Å². The van der Waals surface area contributed by atoms with Crippen molar-refractivity contribution in [2.45, 2.75) is 31.7 Å². The number of carbonyl (C=O) groups is 1. The van der Waals surface area contributed by atoms with Crippen LogP contribution in [-0.4, -0.2) is 29.9 Å². The molecule has 0 unspecified atom stereocenters. The molecular formula is C21H22ClN3O3S. The van der Waals surface area contributed by atoms with E-state index < -0.39 is 9.84 Å². The molecule has 0 fully saturated rings. The van der Waals surface area contributed by atoms with Crippen molar-refractivity contribution in [2.75, 3.05) is 5.75 Å². The molecule has 2 aromatic carbocycles. The van der Waals surface area contributed by atoms with Crippen LogP contribution >= 0.6 is 11.6 Å². The predicted octanol–water partition coefficient (Wildman–Crippen LogP) is 3.62. The van der Waals surface area contributed by atoms with Crippen molar-refractivity contribution in [3.63, 3.8) is 0 Å². The number of rotatable bonds is 7. The molecule has 3 aromatic rings. The molecule has 0 aliphatic heterocycles.